The van der Waals surface area contributed by atoms with E-state index in [0.717, 1.165) is 19.1 Å². The van der Waals surface area contributed by atoms with Gasteiger partial charge in [-0.05, 0) is 12.8 Å². The lowest BCUT2D eigenvalue weighted by Crippen LogP contribution is -2.10. The summed E-state index contributed by atoms with van der Waals surface area (Å²) in [5.41, 5.74) is 0. The monoisotopic (exact) mass is 146 g/mol. The lowest BCUT2D eigenvalue weighted by Gasteiger charge is -2.03. The normalized spacial score (nSPS) is 13.0. The second-order valence-electron chi connectivity index (χ2n) is 2.29. The fourth-order valence-electron chi connectivity index (χ4n) is 0.699. The van der Waals surface area contributed by atoms with Crippen LogP contribution in [-0.2, 0) is 4.79 Å². The molecule has 0 saturated carbocycles. The van der Waals surface area contributed by atoms with Crippen molar-refractivity contribution in [2.24, 2.45) is 0 Å². The molecule has 0 fully saturated rings. The summed E-state index contributed by atoms with van der Waals surface area (Å²) < 4.78 is 0. The van der Waals surface area contributed by atoms with Crippen LogP contribution in [0.2, 0.25) is 0 Å². The number of aliphatic hydroxyl groups excluding tert-OH is 2. The Morgan fingerprint density at radius 1 is 1.40 bits per heavy atom. The van der Waals surface area contributed by atoms with Crippen LogP contribution < -0.4 is 0 Å². The topological polar surface area (TPSA) is 57.5 Å². The first-order valence-corrected chi connectivity index (χ1v) is 3.53. The number of unbranched alkanes of at least 4 members (excludes halogenated alkanes) is 2. The van der Waals surface area contributed by atoms with Crippen LogP contribution in [0.5, 0.6) is 0 Å². The minimum atomic E-state index is -0.605. The Morgan fingerprint density at radius 3 is 2.60 bits per heavy atom. The summed E-state index contributed by atoms with van der Waals surface area (Å²) in [5, 5.41) is 17.2. The van der Waals surface area contributed by atoms with Gasteiger partial charge in [0.25, 0.3) is 0 Å². The molecule has 0 aliphatic rings. The van der Waals surface area contributed by atoms with Crippen molar-refractivity contribution in [3.05, 3.63) is 0 Å². The van der Waals surface area contributed by atoms with Crippen molar-refractivity contribution in [3.63, 3.8) is 0 Å². The van der Waals surface area contributed by atoms with Gasteiger partial charge in [0.05, 0.1) is 12.7 Å². The summed E-state index contributed by atoms with van der Waals surface area (Å²) in [6, 6.07) is 0. The van der Waals surface area contributed by atoms with Crippen LogP contribution in [0.3, 0.4) is 0 Å². The Labute approximate surface area is 60.7 Å². The van der Waals surface area contributed by atoms with Gasteiger partial charge in [0.15, 0.2) is 0 Å². The van der Waals surface area contributed by atoms with E-state index < -0.39 is 6.10 Å². The number of carbonyl (C=O) groups is 1. The van der Waals surface area contributed by atoms with Gasteiger partial charge >= 0.3 is 0 Å². The van der Waals surface area contributed by atoms with E-state index in [0.29, 0.717) is 12.8 Å². The zero-order valence-corrected chi connectivity index (χ0v) is 5.99. The number of hydrogen-bond acceptors (Lipinski definition) is 3. The Bertz CT molecular complexity index is 82.9. The van der Waals surface area contributed by atoms with Crippen molar-refractivity contribution in [2.75, 3.05) is 6.61 Å². The highest BCUT2D eigenvalue weighted by molar-refractivity contribution is 5.48. The zero-order chi connectivity index (χ0) is 7.82. The molecule has 0 radical (unpaired) electrons. The molecule has 0 heterocycles. The second kappa shape index (κ2) is 6.71. The highest BCUT2D eigenvalue weighted by atomic mass is 16.3. The highest BCUT2D eigenvalue weighted by Crippen LogP contribution is 2.01. The lowest BCUT2D eigenvalue weighted by atomic mass is 10.1. The van der Waals surface area contributed by atoms with Gasteiger partial charge in [0, 0.05) is 6.42 Å². The van der Waals surface area contributed by atoms with Gasteiger partial charge in [-0.3, -0.25) is 0 Å². The van der Waals surface area contributed by atoms with E-state index in [-0.39, 0.29) is 6.61 Å². The average Bonchev–Trinajstić information content (AvgIpc) is 1.98. The molecule has 2 N–H and O–H groups in total. The first kappa shape index (κ1) is 9.59. The van der Waals surface area contributed by atoms with E-state index in [4.69, 9.17) is 10.2 Å². The van der Waals surface area contributed by atoms with Gasteiger partial charge in [0.1, 0.15) is 6.29 Å². The fourth-order valence-corrected chi connectivity index (χ4v) is 0.699. The van der Waals surface area contributed by atoms with E-state index in [1.165, 1.54) is 0 Å². The summed E-state index contributed by atoms with van der Waals surface area (Å²) in [4.78, 5) is 9.81. The predicted molar refractivity (Wildman–Crippen MR) is 37.6 cm³/mol. The molecular formula is C7H14O3. The third kappa shape index (κ3) is 5.72. The molecule has 1 unspecified atom stereocenters. The number of aliphatic hydroxyl groups is 2. The van der Waals surface area contributed by atoms with Gasteiger partial charge in [-0.25, -0.2) is 0 Å². The van der Waals surface area contributed by atoms with Crippen molar-refractivity contribution in [2.45, 2.75) is 31.8 Å². The number of aldehydes is 1. The minimum Gasteiger partial charge on any atom is -0.394 e. The van der Waals surface area contributed by atoms with Crippen LogP contribution in [0.15, 0.2) is 0 Å². The molecule has 3 nitrogen and oxygen atoms in total. The Hall–Kier alpha value is -0.410. The zero-order valence-electron chi connectivity index (χ0n) is 5.99. The molecule has 1 atom stereocenters. The molecule has 0 amide bonds. The highest BCUT2D eigenvalue weighted by Gasteiger charge is 1.99. The maximum atomic E-state index is 9.81. The van der Waals surface area contributed by atoms with E-state index in [1.807, 2.05) is 0 Å². The van der Waals surface area contributed by atoms with Crippen molar-refractivity contribution >= 4 is 6.29 Å². The molecule has 0 bridgehead atoms. The molecule has 0 aromatic rings. The Kier molecular flexibility index (Phi) is 6.43. The van der Waals surface area contributed by atoms with Gasteiger partial charge in [-0.1, -0.05) is 6.42 Å². The van der Waals surface area contributed by atoms with Crippen molar-refractivity contribution in [1.82, 2.24) is 0 Å². The molecular weight excluding hydrogens is 132 g/mol. The van der Waals surface area contributed by atoms with Gasteiger partial charge in [-0.2, -0.15) is 0 Å². The summed E-state index contributed by atoms with van der Waals surface area (Å²) >= 11 is 0. The van der Waals surface area contributed by atoms with Crippen molar-refractivity contribution in [1.29, 1.82) is 0 Å². The molecule has 0 aliphatic heterocycles. The van der Waals surface area contributed by atoms with Crippen LogP contribution in [0.1, 0.15) is 25.7 Å². The molecule has 0 aromatic carbocycles. The average molecular weight is 146 g/mol. The van der Waals surface area contributed by atoms with Gasteiger partial charge < -0.3 is 15.0 Å². The minimum absolute atomic E-state index is 0.179. The molecule has 10 heavy (non-hydrogen) atoms. The summed E-state index contributed by atoms with van der Waals surface area (Å²) in [6.45, 7) is -0.179. The molecule has 0 rings (SSSR count). The van der Waals surface area contributed by atoms with Crippen LogP contribution in [0.4, 0.5) is 0 Å². The summed E-state index contributed by atoms with van der Waals surface area (Å²) in [7, 11) is 0. The Morgan fingerprint density at radius 2 is 2.10 bits per heavy atom. The number of carbonyl (C=O) groups excluding carboxylic acids is 1. The smallest absolute Gasteiger partial charge is 0.119 e. The van der Waals surface area contributed by atoms with Crippen LogP contribution in [0, 0.1) is 0 Å². The van der Waals surface area contributed by atoms with Crippen LogP contribution >= 0.6 is 0 Å². The Balaban J connectivity index is 2.95. The van der Waals surface area contributed by atoms with E-state index in [1.54, 1.807) is 0 Å². The number of rotatable bonds is 6. The maximum Gasteiger partial charge on any atom is 0.119 e. The third-order valence-electron chi connectivity index (χ3n) is 1.32. The van der Waals surface area contributed by atoms with Crippen LogP contribution in [-0.4, -0.2) is 29.2 Å². The van der Waals surface area contributed by atoms with Crippen LogP contribution in [0.25, 0.3) is 0 Å². The summed E-state index contributed by atoms with van der Waals surface area (Å²) in [6.07, 6.45) is 3.01. The quantitative estimate of drug-likeness (QED) is 0.412. The van der Waals surface area contributed by atoms with E-state index >= 15 is 0 Å². The predicted octanol–water partition coefficient (Wildman–Crippen LogP) is 0.0989. The lowest BCUT2D eigenvalue weighted by molar-refractivity contribution is -0.107. The largest absolute Gasteiger partial charge is 0.394 e. The van der Waals surface area contributed by atoms with Crippen molar-refractivity contribution in [3.8, 4) is 0 Å². The van der Waals surface area contributed by atoms with Crippen molar-refractivity contribution < 1.29 is 15.0 Å². The van der Waals surface area contributed by atoms with Gasteiger partial charge in [0.2, 0.25) is 0 Å². The molecule has 0 aromatic heterocycles. The van der Waals surface area contributed by atoms with E-state index in [9.17, 15) is 4.79 Å². The molecule has 0 saturated heterocycles. The van der Waals surface area contributed by atoms with E-state index in [2.05, 4.69) is 0 Å². The number of hydrogen-bond donors (Lipinski definition) is 2. The molecule has 60 valence electrons. The first-order chi connectivity index (χ1) is 4.81. The summed E-state index contributed by atoms with van der Waals surface area (Å²) in [5.74, 6) is 0. The molecule has 3 heteroatoms. The SMILES string of the molecule is O=CCCCCC(O)CO. The third-order valence-corrected chi connectivity index (χ3v) is 1.32. The second-order valence-corrected chi connectivity index (χ2v) is 2.29. The van der Waals surface area contributed by atoms with Gasteiger partial charge in [-0.15, -0.1) is 0 Å². The fraction of sp³-hybridized carbons (Fsp3) is 0.857. The maximum absolute atomic E-state index is 9.81. The first-order valence-electron chi connectivity index (χ1n) is 3.53. The standard InChI is InChI=1S/C7H14O3/c8-5-3-1-2-4-7(10)6-9/h5,7,9-10H,1-4,6H2. The molecule has 0 aliphatic carbocycles. The molecule has 0 spiro atoms.